The Balaban J connectivity index is 1.25. The van der Waals surface area contributed by atoms with Crippen LogP contribution in [0.1, 0.15) is 43.2 Å². The number of likely N-dealkylation sites (tertiary alicyclic amines) is 1. The molecule has 0 radical (unpaired) electrons. The Morgan fingerprint density at radius 3 is 2.40 bits per heavy atom. The molecule has 42 heavy (non-hydrogen) atoms. The molecule has 2 saturated heterocycles. The second kappa shape index (κ2) is 14.6. The van der Waals surface area contributed by atoms with Crippen LogP contribution in [0.5, 0.6) is 0 Å². The van der Waals surface area contributed by atoms with Crippen molar-refractivity contribution in [2.75, 3.05) is 39.4 Å². The SMILES string of the molecule is O=C(CN1CC[C@@H]2NC(=O)[C@@H](Cc3ccccc3)NC(=O)C3(C/C=C/C[C@@H]2C1)CCOCC3)NCCc1ccccc1. The third-order valence-corrected chi connectivity index (χ3v) is 9.04. The molecule has 0 aromatic heterocycles. The number of allylic oxidation sites excluding steroid dienone is 2. The van der Waals surface area contributed by atoms with Crippen LogP contribution in [0.4, 0.5) is 0 Å². The van der Waals surface area contributed by atoms with E-state index in [0.717, 1.165) is 37.9 Å². The average Bonchev–Trinajstić information content (AvgIpc) is 3.01. The lowest BCUT2D eigenvalue weighted by atomic mass is 9.75. The van der Waals surface area contributed by atoms with Crippen molar-refractivity contribution in [1.82, 2.24) is 20.9 Å². The van der Waals surface area contributed by atoms with Crippen molar-refractivity contribution in [1.29, 1.82) is 0 Å². The zero-order valence-electron chi connectivity index (χ0n) is 24.4. The monoisotopic (exact) mass is 572 g/mol. The van der Waals surface area contributed by atoms with Gasteiger partial charge in [-0.1, -0.05) is 72.8 Å². The molecule has 2 aromatic carbocycles. The predicted octanol–water partition coefficient (Wildman–Crippen LogP) is 3.03. The lowest BCUT2D eigenvalue weighted by Crippen LogP contribution is -2.58. The van der Waals surface area contributed by atoms with E-state index in [4.69, 9.17) is 4.74 Å². The zero-order chi connectivity index (χ0) is 29.2. The minimum absolute atomic E-state index is 0.0221. The van der Waals surface area contributed by atoms with E-state index in [2.05, 4.69) is 45.1 Å². The Morgan fingerprint density at radius 2 is 1.67 bits per heavy atom. The summed E-state index contributed by atoms with van der Waals surface area (Å²) in [6.07, 6.45) is 9.02. The van der Waals surface area contributed by atoms with Crippen LogP contribution in [0.15, 0.2) is 72.8 Å². The Kier molecular flexibility index (Phi) is 10.4. The second-order valence-electron chi connectivity index (χ2n) is 12.0. The van der Waals surface area contributed by atoms with Gasteiger partial charge in [0.15, 0.2) is 0 Å². The first kappa shape index (κ1) is 30.0. The molecule has 2 fully saturated rings. The molecule has 3 amide bonds. The van der Waals surface area contributed by atoms with Crippen LogP contribution < -0.4 is 16.0 Å². The van der Waals surface area contributed by atoms with Crippen molar-refractivity contribution >= 4 is 17.7 Å². The quantitative estimate of drug-likeness (QED) is 0.443. The van der Waals surface area contributed by atoms with Gasteiger partial charge in [-0.2, -0.15) is 0 Å². The van der Waals surface area contributed by atoms with E-state index >= 15 is 0 Å². The molecule has 0 bridgehead atoms. The van der Waals surface area contributed by atoms with Gasteiger partial charge in [-0.25, -0.2) is 0 Å². The van der Waals surface area contributed by atoms with Gasteiger partial charge in [-0.15, -0.1) is 0 Å². The lowest BCUT2D eigenvalue weighted by Gasteiger charge is -2.40. The summed E-state index contributed by atoms with van der Waals surface area (Å²) in [6.45, 7) is 3.52. The Hall–Kier alpha value is -3.49. The largest absolute Gasteiger partial charge is 0.381 e. The fourth-order valence-corrected chi connectivity index (χ4v) is 6.45. The second-order valence-corrected chi connectivity index (χ2v) is 12.0. The number of carbonyl (C=O) groups is 3. The fourth-order valence-electron chi connectivity index (χ4n) is 6.45. The number of amides is 3. The number of hydrogen-bond acceptors (Lipinski definition) is 5. The van der Waals surface area contributed by atoms with Crippen molar-refractivity contribution in [3.8, 4) is 0 Å². The summed E-state index contributed by atoms with van der Waals surface area (Å²) in [7, 11) is 0. The highest BCUT2D eigenvalue weighted by molar-refractivity contribution is 5.90. The molecule has 0 saturated carbocycles. The van der Waals surface area contributed by atoms with E-state index in [1.54, 1.807) is 0 Å². The Morgan fingerprint density at radius 1 is 0.952 bits per heavy atom. The van der Waals surface area contributed by atoms with Crippen molar-refractivity contribution in [3.63, 3.8) is 0 Å². The van der Waals surface area contributed by atoms with Gasteiger partial charge in [-0.05, 0) is 55.6 Å². The first-order chi connectivity index (χ1) is 20.5. The van der Waals surface area contributed by atoms with Gasteiger partial charge in [0, 0.05) is 45.3 Å². The molecule has 5 rings (SSSR count). The summed E-state index contributed by atoms with van der Waals surface area (Å²) in [4.78, 5) is 42.4. The predicted molar refractivity (Wildman–Crippen MR) is 163 cm³/mol. The average molecular weight is 573 g/mol. The molecule has 3 aliphatic heterocycles. The Bertz CT molecular complexity index is 1210. The molecule has 3 atom stereocenters. The number of ether oxygens (including phenoxy) is 1. The van der Waals surface area contributed by atoms with E-state index in [1.165, 1.54) is 5.56 Å². The number of nitrogens with zero attached hydrogens (tertiary/aromatic N) is 1. The maximum atomic E-state index is 13.8. The molecule has 3 N–H and O–H groups in total. The summed E-state index contributed by atoms with van der Waals surface area (Å²) in [5.74, 6) is 0.0104. The maximum absolute atomic E-state index is 13.8. The number of fused-ring (bicyclic) bond motifs is 1. The topological polar surface area (TPSA) is 99.8 Å². The van der Waals surface area contributed by atoms with Crippen LogP contribution in [-0.2, 0) is 32.0 Å². The zero-order valence-corrected chi connectivity index (χ0v) is 24.4. The first-order valence-electron chi connectivity index (χ1n) is 15.4. The highest BCUT2D eigenvalue weighted by atomic mass is 16.5. The van der Waals surface area contributed by atoms with Gasteiger partial charge >= 0.3 is 0 Å². The van der Waals surface area contributed by atoms with E-state index in [-0.39, 0.29) is 29.7 Å². The number of carbonyl (C=O) groups excluding carboxylic acids is 3. The minimum atomic E-state index is -0.655. The summed E-state index contributed by atoms with van der Waals surface area (Å²) in [6, 6.07) is 19.3. The third kappa shape index (κ3) is 8.07. The van der Waals surface area contributed by atoms with Crippen LogP contribution in [0.3, 0.4) is 0 Å². The Labute approximate surface area is 249 Å². The molecule has 0 aliphatic carbocycles. The highest BCUT2D eigenvalue weighted by Crippen LogP contribution is 2.36. The standard InChI is InChI=1S/C34H44N4O4/c39-31(35-19-14-26-9-3-1-4-10-26)25-38-20-15-29-28(24-38)13-7-8-16-34(17-21-42-22-18-34)33(41)37-30(32(40)36-29)23-27-11-5-2-6-12-27/h1-12,28-30H,13-25H2,(H,35,39)(H,36,40)(H,37,41)/b8-7+/t28-,29+,30-/m1/s1. The van der Waals surface area contributed by atoms with Crippen molar-refractivity contribution in [3.05, 3.63) is 83.9 Å². The third-order valence-electron chi connectivity index (χ3n) is 9.04. The van der Waals surface area contributed by atoms with Crippen molar-refractivity contribution in [2.24, 2.45) is 11.3 Å². The first-order valence-corrected chi connectivity index (χ1v) is 15.4. The van der Waals surface area contributed by atoms with Gasteiger partial charge in [0.2, 0.25) is 17.7 Å². The van der Waals surface area contributed by atoms with Gasteiger partial charge in [-0.3, -0.25) is 19.3 Å². The molecule has 1 spiro atoms. The van der Waals surface area contributed by atoms with Crippen LogP contribution in [-0.4, -0.2) is 74.1 Å². The molecule has 3 heterocycles. The number of rotatable bonds is 7. The fraction of sp³-hybridized carbons (Fsp3) is 0.500. The van der Waals surface area contributed by atoms with Crippen LogP contribution in [0.25, 0.3) is 0 Å². The van der Waals surface area contributed by atoms with Crippen molar-refractivity contribution in [2.45, 2.75) is 57.0 Å². The maximum Gasteiger partial charge on any atom is 0.243 e. The molecule has 8 heteroatoms. The molecule has 3 aliphatic rings. The van der Waals surface area contributed by atoms with Crippen LogP contribution in [0.2, 0.25) is 0 Å². The molecule has 8 nitrogen and oxygen atoms in total. The summed E-state index contributed by atoms with van der Waals surface area (Å²) in [5.41, 5.74) is 1.65. The molecule has 0 unspecified atom stereocenters. The highest BCUT2D eigenvalue weighted by Gasteiger charge is 2.41. The number of benzene rings is 2. The van der Waals surface area contributed by atoms with Crippen LogP contribution in [0, 0.1) is 11.3 Å². The van der Waals surface area contributed by atoms with Gasteiger partial charge in [0.1, 0.15) is 6.04 Å². The number of hydrogen-bond donors (Lipinski definition) is 3. The molecular weight excluding hydrogens is 528 g/mol. The minimum Gasteiger partial charge on any atom is -0.381 e. The normalized spacial score (nSPS) is 25.7. The van der Waals surface area contributed by atoms with E-state index in [9.17, 15) is 14.4 Å². The van der Waals surface area contributed by atoms with Gasteiger partial charge < -0.3 is 20.7 Å². The number of piperidine rings is 1. The molecule has 2 aromatic rings. The summed E-state index contributed by atoms with van der Waals surface area (Å²) < 4.78 is 5.60. The molecular formula is C34H44N4O4. The van der Waals surface area contributed by atoms with Crippen molar-refractivity contribution < 1.29 is 19.1 Å². The van der Waals surface area contributed by atoms with E-state index in [1.807, 2.05) is 48.5 Å². The lowest BCUT2D eigenvalue weighted by molar-refractivity contribution is -0.140. The van der Waals surface area contributed by atoms with Crippen LogP contribution >= 0.6 is 0 Å². The summed E-state index contributed by atoms with van der Waals surface area (Å²) in [5, 5.41) is 9.52. The summed E-state index contributed by atoms with van der Waals surface area (Å²) >= 11 is 0. The number of nitrogens with one attached hydrogen (secondary N) is 3. The van der Waals surface area contributed by atoms with Gasteiger partial charge in [0.05, 0.1) is 12.0 Å². The van der Waals surface area contributed by atoms with E-state index in [0.29, 0.717) is 52.0 Å². The molecule has 224 valence electrons. The van der Waals surface area contributed by atoms with E-state index < -0.39 is 11.5 Å². The smallest absolute Gasteiger partial charge is 0.243 e. The van der Waals surface area contributed by atoms with Gasteiger partial charge in [0.25, 0.3) is 0 Å².